The van der Waals surface area contributed by atoms with Crippen molar-refractivity contribution in [3.8, 4) is 0 Å². The van der Waals surface area contributed by atoms with Gasteiger partial charge in [0.1, 0.15) is 0 Å². The molecule has 0 spiro atoms. The Morgan fingerprint density at radius 3 is 2.11 bits per heavy atom. The molecule has 0 N–H and O–H groups in total. The van der Waals surface area contributed by atoms with E-state index in [0.29, 0.717) is 0 Å². The largest absolute Gasteiger partial charge is 0.398 e. The molecule has 5 heteroatoms. The van der Waals surface area contributed by atoms with Crippen LogP contribution in [0, 0.1) is 0 Å². The zero-order valence-electron chi connectivity index (χ0n) is 12.8. The summed E-state index contributed by atoms with van der Waals surface area (Å²) in [7, 11) is 1.71. The summed E-state index contributed by atoms with van der Waals surface area (Å²) in [5, 5.41) is 0. The van der Waals surface area contributed by atoms with Crippen LogP contribution in [-0.2, 0) is 18.3 Å². The molecule has 1 heterocycles. The molecular weight excluding hydrogens is 260 g/mol. The lowest BCUT2D eigenvalue weighted by Crippen LogP contribution is -2.35. The first-order chi connectivity index (χ1) is 9.20. The molecule has 0 aromatic carbocycles. The predicted octanol–water partition coefficient (Wildman–Crippen LogP) is 3.45. The highest BCUT2D eigenvalue weighted by molar-refractivity contribution is 6.65. The van der Waals surface area contributed by atoms with Crippen LogP contribution in [0.5, 0.6) is 0 Å². The first-order valence-corrected chi connectivity index (χ1v) is 10.1. The van der Waals surface area contributed by atoms with E-state index in [9.17, 15) is 0 Å². The summed E-state index contributed by atoms with van der Waals surface area (Å²) in [6.07, 6.45) is 8.69. The maximum absolute atomic E-state index is 5.53. The summed E-state index contributed by atoms with van der Waals surface area (Å²) in [4.78, 5) is 0. The third-order valence-electron chi connectivity index (χ3n) is 3.85. The molecule has 1 aliphatic heterocycles. The van der Waals surface area contributed by atoms with Crippen molar-refractivity contribution in [3.05, 3.63) is 0 Å². The lowest BCUT2D eigenvalue weighted by molar-refractivity contribution is -0.214. The smallest absolute Gasteiger partial charge is 0.334 e. The molecule has 1 saturated heterocycles. The highest BCUT2D eigenvalue weighted by atomic mass is 28.4. The molecule has 114 valence electrons. The Morgan fingerprint density at radius 1 is 1.00 bits per heavy atom. The normalized spacial score (nSPS) is 19.4. The molecule has 1 atom stereocenters. The fourth-order valence-electron chi connectivity index (χ4n) is 2.10. The molecule has 0 saturated carbocycles. The fourth-order valence-corrected chi connectivity index (χ4v) is 3.57. The lowest BCUT2D eigenvalue weighted by atomic mass is 10.1. The van der Waals surface area contributed by atoms with Gasteiger partial charge in [-0.1, -0.05) is 32.1 Å². The Kier molecular flexibility index (Phi) is 8.90. The number of hydrogen-bond donors (Lipinski definition) is 0. The van der Waals surface area contributed by atoms with Crippen LogP contribution in [0.2, 0.25) is 12.6 Å². The maximum Gasteiger partial charge on any atom is 0.334 e. The second kappa shape index (κ2) is 9.88. The average Bonchev–Trinajstić information content (AvgIpc) is 2.38. The van der Waals surface area contributed by atoms with Crippen molar-refractivity contribution < 1.29 is 18.3 Å². The summed E-state index contributed by atoms with van der Waals surface area (Å²) in [6, 6.07) is 1.10. The van der Waals surface area contributed by atoms with Crippen LogP contribution >= 0.6 is 0 Å². The van der Waals surface area contributed by atoms with E-state index in [1.807, 2.05) is 0 Å². The molecule has 0 radical (unpaired) electrons. The van der Waals surface area contributed by atoms with Crippen LogP contribution in [0.25, 0.3) is 0 Å². The van der Waals surface area contributed by atoms with Gasteiger partial charge in [0.05, 0.1) is 6.61 Å². The Bertz CT molecular complexity index is 217. The summed E-state index contributed by atoms with van der Waals surface area (Å²) >= 11 is 0. The monoisotopic (exact) mass is 290 g/mol. The van der Waals surface area contributed by atoms with Crippen LogP contribution in [-0.4, -0.2) is 42.3 Å². The molecule has 0 aromatic heterocycles. The van der Waals surface area contributed by atoms with Gasteiger partial charge in [-0.3, -0.25) is 0 Å². The quantitative estimate of drug-likeness (QED) is 0.407. The van der Waals surface area contributed by atoms with Crippen molar-refractivity contribution in [2.45, 2.75) is 63.8 Å². The van der Waals surface area contributed by atoms with Crippen molar-refractivity contribution in [1.29, 1.82) is 0 Å². The molecule has 0 aromatic rings. The van der Waals surface area contributed by atoms with Crippen molar-refractivity contribution in [1.82, 2.24) is 0 Å². The number of ether oxygens (including phenoxy) is 2. The van der Waals surface area contributed by atoms with Gasteiger partial charge in [0, 0.05) is 27.2 Å². The van der Waals surface area contributed by atoms with Gasteiger partial charge in [-0.05, 0) is 19.0 Å². The number of rotatable bonds is 12. The van der Waals surface area contributed by atoms with Gasteiger partial charge in [0.15, 0.2) is 6.29 Å². The Balaban J connectivity index is 1.80. The van der Waals surface area contributed by atoms with Crippen LogP contribution in [0.4, 0.5) is 0 Å². The minimum absolute atomic E-state index is 0.103. The van der Waals surface area contributed by atoms with Gasteiger partial charge in [0.25, 0.3) is 0 Å². The van der Waals surface area contributed by atoms with E-state index in [2.05, 4.69) is 6.55 Å². The summed E-state index contributed by atoms with van der Waals surface area (Å²) < 4.78 is 21.7. The Morgan fingerprint density at radius 2 is 1.58 bits per heavy atom. The Hall–Kier alpha value is 0.0569. The second-order valence-electron chi connectivity index (χ2n) is 5.37. The van der Waals surface area contributed by atoms with Gasteiger partial charge in [-0.25, -0.2) is 0 Å². The van der Waals surface area contributed by atoms with Crippen LogP contribution < -0.4 is 0 Å². The first-order valence-electron chi connectivity index (χ1n) is 7.54. The maximum atomic E-state index is 5.53. The van der Waals surface area contributed by atoms with E-state index in [1.54, 1.807) is 14.2 Å². The summed E-state index contributed by atoms with van der Waals surface area (Å²) in [6.45, 7) is 3.85. The molecule has 4 nitrogen and oxygen atoms in total. The van der Waals surface area contributed by atoms with Crippen LogP contribution in [0.3, 0.4) is 0 Å². The number of unbranched alkanes of at least 4 members (excludes halogenated alkanes) is 5. The highest BCUT2D eigenvalue weighted by Gasteiger charge is 2.27. The summed E-state index contributed by atoms with van der Waals surface area (Å²) in [5.74, 6) is 0. The van der Waals surface area contributed by atoms with E-state index in [-0.39, 0.29) is 6.29 Å². The standard InChI is InChI=1S/C14H30O4Si/c1-15-19(3,16-2)13-9-7-5-4-6-8-11-17-14-10-12-18-14/h14H,4-13H2,1-3H3. The minimum Gasteiger partial charge on any atom is -0.398 e. The topological polar surface area (TPSA) is 36.9 Å². The molecule has 19 heavy (non-hydrogen) atoms. The van der Waals surface area contributed by atoms with Gasteiger partial charge in [-0.15, -0.1) is 0 Å². The van der Waals surface area contributed by atoms with Gasteiger partial charge in [0.2, 0.25) is 0 Å². The predicted molar refractivity (Wildman–Crippen MR) is 78.5 cm³/mol. The minimum atomic E-state index is -1.82. The molecule has 1 aliphatic rings. The Labute approximate surface area is 119 Å². The molecule has 0 amide bonds. The zero-order valence-corrected chi connectivity index (χ0v) is 13.8. The van der Waals surface area contributed by atoms with Crippen molar-refractivity contribution in [2.75, 3.05) is 27.4 Å². The van der Waals surface area contributed by atoms with E-state index in [1.165, 1.54) is 32.1 Å². The molecule has 0 aliphatic carbocycles. The molecule has 1 rings (SSSR count). The molecule has 1 fully saturated rings. The fraction of sp³-hybridized carbons (Fsp3) is 1.00. The van der Waals surface area contributed by atoms with E-state index < -0.39 is 8.56 Å². The van der Waals surface area contributed by atoms with Crippen molar-refractivity contribution in [2.24, 2.45) is 0 Å². The molecule has 0 bridgehead atoms. The van der Waals surface area contributed by atoms with E-state index >= 15 is 0 Å². The molecule has 1 unspecified atom stereocenters. The highest BCUT2D eigenvalue weighted by Crippen LogP contribution is 2.17. The first kappa shape index (κ1) is 17.1. The van der Waals surface area contributed by atoms with Crippen molar-refractivity contribution >= 4 is 8.56 Å². The average molecular weight is 290 g/mol. The van der Waals surface area contributed by atoms with Crippen LogP contribution in [0.1, 0.15) is 44.9 Å². The third-order valence-corrected chi connectivity index (χ3v) is 6.84. The van der Waals surface area contributed by atoms with E-state index in [0.717, 1.165) is 32.1 Å². The van der Waals surface area contributed by atoms with Gasteiger partial charge >= 0.3 is 8.56 Å². The van der Waals surface area contributed by atoms with Crippen LogP contribution in [0.15, 0.2) is 0 Å². The lowest BCUT2D eigenvalue weighted by Gasteiger charge is -2.26. The third kappa shape index (κ3) is 7.42. The number of hydrogen-bond acceptors (Lipinski definition) is 4. The second-order valence-corrected chi connectivity index (χ2v) is 8.96. The molecular formula is C14H30O4Si. The van der Waals surface area contributed by atoms with Crippen molar-refractivity contribution in [3.63, 3.8) is 0 Å². The van der Waals surface area contributed by atoms with Gasteiger partial charge < -0.3 is 18.3 Å². The zero-order chi connectivity index (χ0) is 14.0. The van der Waals surface area contributed by atoms with Gasteiger partial charge in [-0.2, -0.15) is 0 Å². The SMILES string of the molecule is CO[Si](C)(CCCCCCCCOC1CCO1)OC. The summed E-state index contributed by atoms with van der Waals surface area (Å²) in [5.41, 5.74) is 0. The van der Waals surface area contributed by atoms with E-state index in [4.69, 9.17) is 18.3 Å².